The van der Waals surface area contributed by atoms with Crippen molar-refractivity contribution in [3.8, 4) is 0 Å². The second-order valence-electron chi connectivity index (χ2n) is 6.68. The van der Waals surface area contributed by atoms with E-state index < -0.39 is 17.0 Å². The van der Waals surface area contributed by atoms with Crippen LogP contribution in [0.5, 0.6) is 0 Å². The van der Waals surface area contributed by atoms with Crippen molar-refractivity contribution < 1.29 is 19.0 Å². The van der Waals surface area contributed by atoms with Gasteiger partial charge >= 0.3 is 0 Å². The van der Waals surface area contributed by atoms with Crippen LogP contribution in [0.25, 0.3) is 0 Å². The molecule has 0 amide bonds. The highest BCUT2D eigenvalue weighted by molar-refractivity contribution is 6.09. The molecule has 0 radical (unpaired) electrons. The van der Waals surface area contributed by atoms with Crippen LogP contribution in [0.15, 0.2) is 24.3 Å². The van der Waals surface area contributed by atoms with E-state index in [1.54, 1.807) is 14.2 Å². The lowest BCUT2D eigenvalue weighted by Crippen LogP contribution is -2.59. The van der Waals surface area contributed by atoms with Crippen molar-refractivity contribution in [1.82, 2.24) is 0 Å². The van der Waals surface area contributed by atoms with Crippen molar-refractivity contribution in [3.05, 3.63) is 35.4 Å². The summed E-state index contributed by atoms with van der Waals surface area (Å²) in [5.74, 6) is -0.167. The Balaban J connectivity index is 1.86. The molecule has 3 aliphatic carbocycles. The number of Topliss-reactive ketones (excluding diaryl/α,β-unsaturated/α-hetero) is 1. The predicted octanol–water partition coefficient (Wildman–Crippen LogP) is 2.27. The van der Waals surface area contributed by atoms with E-state index >= 15 is 0 Å². The van der Waals surface area contributed by atoms with Gasteiger partial charge in [-0.05, 0) is 31.1 Å². The Labute approximate surface area is 123 Å². The minimum absolute atomic E-state index is 0.134. The predicted molar refractivity (Wildman–Crippen MR) is 73.8 cm³/mol. The van der Waals surface area contributed by atoms with Crippen LogP contribution in [0.4, 0.5) is 0 Å². The zero-order valence-corrected chi connectivity index (χ0v) is 12.2. The van der Waals surface area contributed by atoms with E-state index in [4.69, 9.17) is 14.2 Å². The SMILES string of the molecule is COC1(OC)c2ccccc2C(=O)[C@]23O[C@]12[C@H]1CC[C@H]3C1. The fourth-order valence-corrected chi connectivity index (χ4v) is 5.68. The van der Waals surface area contributed by atoms with Crippen LogP contribution in [-0.4, -0.2) is 31.2 Å². The zero-order valence-electron chi connectivity index (χ0n) is 12.2. The fourth-order valence-electron chi connectivity index (χ4n) is 5.68. The van der Waals surface area contributed by atoms with Crippen molar-refractivity contribution in [2.24, 2.45) is 11.8 Å². The van der Waals surface area contributed by atoms with Gasteiger partial charge in [0.05, 0.1) is 0 Å². The minimum atomic E-state index is -0.961. The molecule has 1 aromatic rings. The third kappa shape index (κ3) is 0.944. The van der Waals surface area contributed by atoms with Crippen molar-refractivity contribution in [3.63, 3.8) is 0 Å². The highest BCUT2D eigenvalue weighted by atomic mass is 16.8. The average Bonchev–Trinajstić information content (AvgIpc) is 2.94. The van der Waals surface area contributed by atoms with Crippen molar-refractivity contribution in [1.29, 1.82) is 0 Å². The highest BCUT2D eigenvalue weighted by Gasteiger charge is 2.94. The minimum Gasteiger partial charge on any atom is -0.347 e. The van der Waals surface area contributed by atoms with Gasteiger partial charge in [-0.25, -0.2) is 0 Å². The maximum absolute atomic E-state index is 13.1. The second kappa shape index (κ2) is 3.40. The van der Waals surface area contributed by atoms with Crippen molar-refractivity contribution >= 4 is 5.78 Å². The van der Waals surface area contributed by atoms with Crippen LogP contribution in [-0.2, 0) is 20.0 Å². The molecule has 4 aliphatic rings. The van der Waals surface area contributed by atoms with Crippen LogP contribution in [0, 0.1) is 11.8 Å². The maximum Gasteiger partial charge on any atom is 0.229 e. The topological polar surface area (TPSA) is 48.1 Å². The number of ether oxygens (including phenoxy) is 3. The first-order valence-electron chi connectivity index (χ1n) is 7.62. The van der Waals surface area contributed by atoms with Crippen molar-refractivity contribution in [2.45, 2.75) is 36.3 Å². The smallest absolute Gasteiger partial charge is 0.229 e. The van der Waals surface area contributed by atoms with E-state index in [9.17, 15) is 4.79 Å². The molecule has 4 heteroatoms. The van der Waals surface area contributed by atoms with E-state index in [0.717, 1.165) is 24.8 Å². The number of epoxide rings is 1. The van der Waals surface area contributed by atoms with Gasteiger partial charge in [-0.1, -0.05) is 24.3 Å². The average molecular weight is 286 g/mol. The first kappa shape index (κ1) is 12.3. The summed E-state index contributed by atoms with van der Waals surface area (Å²) >= 11 is 0. The first-order chi connectivity index (χ1) is 10.2. The van der Waals surface area contributed by atoms with Gasteiger partial charge < -0.3 is 14.2 Å². The van der Waals surface area contributed by atoms with Crippen LogP contribution in [0.3, 0.4) is 0 Å². The number of methoxy groups -OCH3 is 2. The Bertz CT molecular complexity index is 665. The fraction of sp³-hybridized carbons (Fsp3) is 0.588. The number of rotatable bonds is 2. The summed E-state index contributed by atoms with van der Waals surface area (Å²) in [6, 6.07) is 7.63. The normalized spacial score (nSPS) is 44.2. The summed E-state index contributed by atoms with van der Waals surface area (Å²) in [6.45, 7) is 0. The lowest BCUT2D eigenvalue weighted by molar-refractivity contribution is -0.266. The molecule has 5 rings (SSSR count). The molecular formula is C17H18O4. The third-order valence-corrected chi connectivity index (χ3v) is 6.34. The van der Waals surface area contributed by atoms with Gasteiger partial charge in [-0.3, -0.25) is 4.79 Å². The first-order valence-corrected chi connectivity index (χ1v) is 7.62. The van der Waals surface area contributed by atoms with E-state index in [-0.39, 0.29) is 5.78 Å². The zero-order chi connectivity index (χ0) is 14.5. The summed E-state index contributed by atoms with van der Waals surface area (Å²) in [4.78, 5) is 13.1. The summed E-state index contributed by atoms with van der Waals surface area (Å²) in [5, 5.41) is 0. The Morgan fingerprint density at radius 2 is 1.86 bits per heavy atom. The molecular weight excluding hydrogens is 268 g/mol. The maximum atomic E-state index is 13.1. The van der Waals surface area contributed by atoms with Crippen LogP contribution in [0.2, 0.25) is 0 Å². The molecule has 3 fully saturated rings. The van der Waals surface area contributed by atoms with Gasteiger partial charge in [0.2, 0.25) is 5.79 Å². The van der Waals surface area contributed by atoms with Gasteiger partial charge in [0, 0.05) is 25.3 Å². The quantitative estimate of drug-likeness (QED) is 0.618. The molecule has 0 spiro atoms. The molecule has 1 aromatic carbocycles. The molecule has 4 nitrogen and oxygen atoms in total. The largest absolute Gasteiger partial charge is 0.347 e. The molecule has 2 bridgehead atoms. The summed E-state index contributed by atoms with van der Waals surface area (Å²) in [6.07, 6.45) is 3.22. The number of benzene rings is 1. The molecule has 0 N–H and O–H groups in total. The molecule has 2 saturated carbocycles. The number of fused-ring (bicyclic) bond motifs is 3. The summed E-state index contributed by atoms with van der Waals surface area (Å²) < 4.78 is 18.1. The Kier molecular flexibility index (Phi) is 1.99. The third-order valence-electron chi connectivity index (χ3n) is 6.34. The van der Waals surface area contributed by atoms with E-state index in [1.165, 1.54) is 0 Å². The molecule has 0 unspecified atom stereocenters. The summed E-state index contributed by atoms with van der Waals surface area (Å²) in [7, 11) is 3.31. The second-order valence-corrected chi connectivity index (χ2v) is 6.68. The monoisotopic (exact) mass is 286 g/mol. The van der Waals surface area contributed by atoms with Crippen LogP contribution >= 0.6 is 0 Å². The molecule has 4 atom stereocenters. The Morgan fingerprint density at radius 1 is 1.14 bits per heavy atom. The van der Waals surface area contributed by atoms with Gasteiger partial charge in [0.15, 0.2) is 17.0 Å². The van der Waals surface area contributed by atoms with Gasteiger partial charge in [-0.15, -0.1) is 0 Å². The Hall–Kier alpha value is -1.23. The standard InChI is InChI=1S/C17H18O4/c1-19-17(20-2)13-6-4-3-5-12(13)14(18)15-10-7-8-11(9-10)16(15,17)21-15/h3-6,10-11H,7-9H2,1-2H3/t10-,11-,15-,16-/m0/s1. The van der Waals surface area contributed by atoms with Gasteiger partial charge in [-0.2, -0.15) is 0 Å². The Morgan fingerprint density at radius 3 is 2.62 bits per heavy atom. The molecule has 21 heavy (non-hydrogen) atoms. The van der Waals surface area contributed by atoms with Crippen LogP contribution < -0.4 is 0 Å². The molecule has 0 aromatic heterocycles. The van der Waals surface area contributed by atoms with E-state index in [0.29, 0.717) is 17.4 Å². The van der Waals surface area contributed by atoms with E-state index in [2.05, 4.69) is 0 Å². The van der Waals surface area contributed by atoms with Crippen LogP contribution in [0.1, 0.15) is 35.2 Å². The lowest BCUT2D eigenvalue weighted by atomic mass is 9.64. The summed E-state index contributed by atoms with van der Waals surface area (Å²) in [5.41, 5.74) is 0.205. The number of ketones is 1. The van der Waals surface area contributed by atoms with E-state index in [1.807, 2.05) is 24.3 Å². The number of carbonyl (C=O) groups is 1. The molecule has 1 heterocycles. The van der Waals surface area contributed by atoms with Crippen molar-refractivity contribution in [2.75, 3.05) is 14.2 Å². The molecule has 110 valence electrons. The molecule has 1 saturated heterocycles. The van der Waals surface area contributed by atoms with Gasteiger partial charge in [0.1, 0.15) is 0 Å². The number of hydrogen-bond acceptors (Lipinski definition) is 4. The molecule has 1 aliphatic heterocycles. The van der Waals surface area contributed by atoms with Gasteiger partial charge in [0.25, 0.3) is 0 Å². The lowest BCUT2D eigenvalue weighted by Gasteiger charge is -2.44. The number of hydrogen-bond donors (Lipinski definition) is 0. The number of carbonyl (C=O) groups excluding carboxylic acids is 1. The highest BCUT2D eigenvalue weighted by Crippen LogP contribution is 2.79.